The molecule has 0 aromatic carbocycles. The van der Waals surface area contributed by atoms with Gasteiger partial charge in [0.25, 0.3) is 0 Å². The number of carbonyl (C=O) groups is 1. The van der Waals surface area contributed by atoms with E-state index in [2.05, 4.69) is 0 Å². The SMILES string of the molecule is O=C1C=CC=C2C=C3OCOCC3=CC12. The highest BCUT2D eigenvalue weighted by Gasteiger charge is 2.27. The van der Waals surface area contributed by atoms with Gasteiger partial charge in [-0.3, -0.25) is 4.79 Å². The molecule has 3 aliphatic rings. The van der Waals surface area contributed by atoms with Gasteiger partial charge in [-0.25, -0.2) is 0 Å². The van der Waals surface area contributed by atoms with Gasteiger partial charge in [0, 0.05) is 5.57 Å². The zero-order valence-corrected chi connectivity index (χ0v) is 8.10. The minimum absolute atomic E-state index is 0.126. The standard InChI is InChI=1S/C12H10O3/c13-11-3-1-2-8-5-12-9(4-10(8)11)6-14-7-15-12/h1-5,10H,6-7H2. The summed E-state index contributed by atoms with van der Waals surface area (Å²) in [5, 5.41) is 0. The third-order valence-corrected chi connectivity index (χ3v) is 2.75. The van der Waals surface area contributed by atoms with E-state index in [1.54, 1.807) is 12.2 Å². The van der Waals surface area contributed by atoms with E-state index in [1.165, 1.54) is 0 Å². The Bertz CT molecular complexity index is 438. The average molecular weight is 202 g/mol. The van der Waals surface area contributed by atoms with Crippen molar-refractivity contribution in [3.05, 3.63) is 47.3 Å². The Morgan fingerprint density at radius 2 is 2.33 bits per heavy atom. The van der Waals surface area contributed by atoms with Crippen LogP contribution in [0, 0.1) is 5.92 Å². The smallest absolute Gasteiger partial charge is 0.189 e. The summed E-state index contributed by atoms with van der Waals surface area (Å²) in [7, 11) is 0. The number of hydrogen-bond acceptors (Lipinski definition) is 3. The molecule has 0 spiro atoms. The first kappa shape index (κ1) is 8.68. The molecule has 1 fully saturated rings. The second-order valence-corrected chi connectivity index (χ2v) is 3.72. The van der Waals surface area contributed by atoms with E-state index in [-0.39, 0.29) is 11.7 Å². The lowest BCUT2D eigenvalue weighted by Gasteiger charge is -2.27. The Kier molecular flexibility index (Phi) is 1.86. The molecule has 3 rings (SSSR count). The van der Waals surface area contributed by atoms with Gasteiger partial charge in [0.1, 0.15) is 5.76 Å². The molecule has 1 atom stereocenters. The van der Waals surface area contributed by atoms with E-state index in [0.29, 0.717) is 13.4 Å². The van der Waals surface area contributed by atoms with Crippen LogP contribution < -0.4 is 0 Å². The number of fused-ring (bicyclic) bond motifs is 2. The summed E-state index contributed by atoms with van der Waals surface area (Å²) in [4.78, 5) is 11.6. The molecule has 0 amide bonds. The molecule has 1 aliphatic heterocycles. The molecule has 76 valence electrons. The molecule has 0 saturated carbocycles. The fourth-order valence-corrected chi connectivity index (χ4v) is 1.98. The van der Waals surface area contributed by atoms with Crippen molar-refractivity contribution in [2.45, 2.75) is 0 Å². The minimum atomic E-state index is -0.140. The molecular formula is C12H10O3. The van der Waals surface area contributed by atoms with Crippen molar-refractivity contribution in [3.63, 3.8) is 0 Å². The van der Waals surface area contributed by atoms with Crippen LogP contribution in [0.25, 0.3) is 0 Å². The first-order chi connectivity index (χ1) is 7.34. The summed E-state index contributed by atoms with van der Waals surface area (Å²) in [5.74, 6) is 0.826. The molecule has 0 N–H and O–H groups in total. The maximum absolute atomic E-state index is 11.6. The minimum Gasteiger partial charge on any atom is -0.467 e. The predicted octanol–water partition coefficient (Wildman–Crippen LogP) is 1.50. The molecule has 3 nitrogen and oxygen atoms in total. The van der Waals surface area contributed by atoms with Gasteiger partial charge in [0.15, 0.2) is 12.6 Å². The Morgan fingerprint density at radius 1 is 1.40 bits per heavy atom. The second-order valence-electron chi connectivity index (χ2n) is 3.72. The van der Waals surface area contributed by atoms with Crippen molar-refractivity contribution in [2.75, 3.05) is 13.4 Å². The van der Waals surface area contributed by atoms with Gasteiger partial charge < -0.3 is 9.47 Å². The molecule has 1 heterocycles. The van der Waals surface area contributed by atoms with Crippen molar-refractivity contribution in [3.8, 4) is 0 Å². The molecule has 1 saturated heterocycles. The zero-order valence-electron chi connectivity index (χ0n) is 8.10. The molecule has 3 heteroatoms. The van der Waals surface area contributed by atoms with Crippen LogP contribution in [0.15, 0.2) is 47.3 Å². The van der Waals surface area contributed by atoms with Crippen molar-refractivity contribution >= 4 is 5.78 Å². The molecular weight excluding hydrogens is 192 g/mol. The van der Waals surface area contributed by atoms with Crippen LogP contribution in [0.2, 0.25) is 0 Å². The van der Waals surface area contributed by atoms with Crippen molar-refractivity contribution in [1.82, 2.24) is 0 Å². The first-order valence-corrected chi connectivity index (χ1v) is 4.90. The molecule has 0 bridgehead atoms. The van der Waals surface area contributed by atoms with Crippen LogP contribution >= 0.6 is 0 Å². The lowest BCUT2D eigenvalue weighted by molar-refractivity contribution is -0.116. The second kappa shape index (κ2) is 3.21. The summed E-state index contributed by atoms with van der Waals surface area (Å²) in [6.45, 7) is 0.831. The largest absolute Gasteiger partial charge is 0.467 e. The lowest BCUT2D eigenvalue weighted by Crippen LogP contribution is -2.23. The number of carbonyl (C=O) groups excluding carboxylic acids is 1. The van der Waals surface area contributed by atoms with Gasteiger partial charge in [0.05, 0.1) is 12.5 Å². The van der Waals surface area contributed by atoms with E-state index >= 15 is 0 Å². The number of ether oxygens (including phenoxy) is 2. The fourth-order valence-electron chi connectivity index (χ4n) is 1.98. The van der Waals surface area contributed by atoms with Gasteiger partial charge >= 0.3 is 0 Å². The number of rotatable bonds is 0. The van der Waals surface area contributed by atoms with Crippen molar-refractivity contribution in [2.24, 2.45) is 5.92 Å². The Morgan fingerprint density at radius 3 is 3.27 bits per heavy atom. The van der Waals surface area contributed by atoms with Crippen LogP contribution in [-0.4, -0.2) is 19.2 Å². The van der Waals surface area contributed by atoms with Crippen LogP contribution in [-0.2, 0) is 14.3 Å². The van der Waals surface area contributed by atoms with E-state index < -0.39 is 0 Å². The fraction of sp³-hybridized carbons (Fsp3) is 0.250. The first-order valence-electron chi connectivity index (χ1n) is 4.90. The molecule has 2 aliphatic carbocycles. The maximum atomic E-state index is 11.6. The highest BCUT2D eigenvalue weighted by atomic mass is 16.7. The zero-order chi connectivity index (χ0) is 10.3. The Hall–Kier alpha value is -1.61. The topological polar surface area (TPSA) is 35.5 Å². The predicted molar refractivity (Wildman–Crippen MR) is 53.8 cm³/mol. The third-order valence-electron chi connectivity index (χ3n) is 2.75. The van der Waals surface area contributed by atoms with E-state index in [1.807, 2.05) is 18.2 Å². The molecule has 0 aromatic heterocycles. The van der Waals surface area contributed by atoms with Crippen molar-refractivity contribution < 1.29 is 14.3 Å². The van der Waals surface area contributed by atoms with E-state index in [9.17, 15) is 4.79 Å². The Labute approximate surface area is 87.4 Å². The van der Waals surface area contributed by atoms with Gasteiger partial charge in [-0.2, -0.15) is 0 Å². The summed E-state index contributed by atoms with van der Waals surface area (Å²) in [6, 6.07) is 0. The van der Waals surface area contributed by atoms with E-state index in [4.69, 9.17) is 9.47 Å². The number of hydrogen-bond donors (Lipinski definition) is 0. The molecule has 15 heavy (non-hydrogen) atoms. The van der Waals surface area contributed by atoms with Gasteiger partial charge in [0.2, 0.25) is 0 Å². The van der Waals surface area contributed by atoms with Crippen LogP contribution in [0.1, 0.15) is 0 Å². The summed E-state index contributed by atoms with van der Waals surface area (Å²) >= 11 is 0. The molecule has 1 unspecified atom stereocenters. The third kappa shape index (κ3) is 1.36. The van der Waals surface area contributed by atoms with Gasteiger partial charge in [-0.05, 0) is 17.7 Å². The summed E-state index contributed by atoms with van der Waals surface area (Å²) in [5.41, 5.74) is 1.98. The highest BCUT2D eigenvalue weighted by Crippen LogP contribution is 2.32. The van der Waals surface area contributed by atoms with Gasteiger partial charge in [-0.1, -0.05) is 18.2 Å². The monoisotopic (exact) mass is 202 g/mol. The Balaban J connectivity index is 2.03. The number of ketones is 1. The van der Waals surface area contributed by atoms with Crippen LogP contribution in [0.3, 0.4) is 0 Å². The van der Waals surface area contributed by atoms with E-state index in [0.717, 1.165) is 16.9 Å². The molecule has 0 radical (unpaired) electrons. The maximum Gasteiger partial charge on any atom is 0.189 e. The molecule has 0 aromatic rings. The van der Waals surface area contributed by atoms with Crippen molar-refractivity contribution in [1.29, 1.82) is 0 Å². The van der Waals surface area contributed by atoms with Crippen LogP contribution in [0.4, 0.5) is 0 Å². The normalized spacial score (nSPS) is 28.1. The van der Waals surface area contributed by atoms with Crippen LogP contribution in [0.5, 0.6) is 0 Å². The van der Waals surface area contributed by atoms with Gasteiger partial charge in [-0.15, -0.1) is 0 Å². The lowest BCUT2D eigenvalue weighted by atomic mass is 9.84. The highest BCUT2D eigenvalue weighted by molar-refractivity contribution is 5.97. The summed E-state index contributed by atoms with van der Waals surface area (Å²) in [6.07, 6.45) is 9.21. The quantitative estimate of drug-likeness (QED) is 0.597. The average Bonchev–Trinajstić information content (AvgIpc) is 2.27. The summed E-state index contributed by atoms with van der Waals surface area (Å²) < 4.78 is 10.5. The number of allylic oxidation sites excluding steroid dienone is 6.